The Bertz CT molecular complexity index is 468. The summed E-state index contributed by atoms with van der Waals surface area (Å²) in [6, 6.07) is 8.57. The number of nitrogens with one attached hydrogen (secondary N) is 1. The van der Waals surface area contributed by atoms with E-state index in [2.05, 4.69) is 5.32 Å². The second-order valence-corrected chi connectivity index (χ2v) is 5.45. The minimum Gasteiger partial charge on any atom is -0.395 e. The fraction of sp³-hybridized carbons (Fsp3) is 0.533. The molecule has 1 fully saturated rings. The van der Waals surface area contributed by atoms with E-state index >= 15 is 0 Å². The van der Waals surface area contributed by atoms with Crippen LogP contribution in [0.2, 0.25) is 0 Å². The van der Waals surface area contributed by atoms with Crippen LogP contribution in [0.5, 0.6) is 0 Å². The lowest BCUT2D eigenvalue weighted by Crippen LogP contribution is -2.66. The SMILES string of the molecule is CC(=O)N[C@H]1CN(Cc2ccccc2)[C@H](CO)[C@H](O)[C@@H]1O. The molecule has 1 aromatic carbocycles. The van der Waals surface area contributed by atoms with E-state index < -0.39 is 24.3 Å². The van der Waals surface area contributed by atoms with Gasteiger partial charge in [-0.1, -0.05) is 30.3 Å². The van der Waals surface area contributed by atoms with E-state index in [1.165, 1.54) is 6.92 Å². The van der Waals surface area contributed by atoms with E-state index in [4.69, 9.17) is 0 Å². The van der Waals surface area contributed by atoms with Crippen LogP contribution in [0.3, 0.4) is 0 Å². The third kappa shape index (κ3) is 3.79. The second-order valence-electron chi connectivity index (χ2n) is 5.45. The Morgan fingerprint density at radius 3 is 2.52 bits per heavy atom. The van der Waals surface area contributed by atoms with Crippen molar-refractivity contribution in [3.8, 4) is 0 Å². The molecule has 6 heteroatoms. The first kappa shape index (κ1) is 15.9. The van der Waals surface area contributed by atoms with Crippen LogP contribution >= 0.6 is 0 Å². The molecule has 0 spiro atoms. The highest BCUT2D eigenvalue weighted by atomic mass is 16.3. The molecule has 0 aliphatic carbocycles. The van der Waals surface area contributed by atoms with Crippen LogP contribution in [0.1, 0.15) is 12.5 Å². The zero-order chi connectivity index (χ0) is 15.4. The Morgan fingerprint density at radius 1 is 1.29 bits per heavy atom. The number of likely N-dealkylation sites (tertiary alicyclic amines) is 1. The van der Waals surface area contributed by atoms with E-state index in [1.807, 2.05) is 35.2 Å². The van der Waals surface area contributed by atoms with E-state index in [9.17, 15) is 20.1 Å². The average Bonchev–Trinajstić information content (AvgIpc) is 2.45. The molecule has 1 aliphatic heterocycles. The molecule has 0 saturated carbocycles. The van der Waals surface area contributed by atoms with Crippen molar-refractivity contribution in [2.24, 2.45) is 0 Å². The lowest BCUT2D eigenvalue weighted by Gasteiger charge is -2.45. The van der Waals surface area contributed by atoms with Gasteiger partial charge in [0.2, 0.25) is 5.91 Å². The third-order valence-corrected chi connectivity index (χ3v) is 3.86. The van der Waals surface area contributed by atoms with Crippen molar-refractivity contribution in [2.45, 2.75) is 37.8 Å². The van der Waals surface area contributed by atoms with Crippen molar-refractivity contribution in [2.75, 3.05) is 13.2 Å². The summed E-state index contributed by atoms with van der Waals surface area (Å²) in [7, 11) is 0. The molecule has 1 heterocycles. The highest BCUT2D eigenvalue weighted by Crippen LogP contribution is 2.21. The van der Waals surface area contributed by atoms with Crippen LogP contribution in [0.25, 0.3) is 0 Å². The van der Waals surface area contributed by atoms with Crippen LogP contribution in [-0.4, -0.2) is 63.6 Å². The average molecular weight is 294 g/mol. The summed E-state index contributed by atoms with van der Waals surface area (Å²) in [5.74, 6) is -0.256. The quantitative estimate of drug-likeness (QED) is 0.577. The topological polar surface area (TPSA) is 93.0 Å². The predicted molar refractivity (Wildman–Crippen MR) is 77.3 cm³/mol. The number of amides is 1. The van der Waals surface area contributed by atoms with Gasteiger partial charge in [-0.25, -0.2) is 0 Å². The Balaban J connectivity index is 2.14. The molecule has 1 aromatic rings. The highest BCUT2D eigenvalue weighted by Gasteiger charge is 2.41. The first-order valence-electron chi connectivity index (χ1n) is 7.05. The summed E-state index contributed by atoms with van der Waals surface area (Å²) >= 11 is 0. The first-order chi connectivity index (χ1) is 10.0. The molecule has 1 saturated heterocycles. The molecule has 6 nitrogen and oxygen atoms in total. The number of piperidine rings is 1. The number of carbonyl (C=O) groups excluding carboxylic acids is 1. The minimum atomic E-state index is -1.11. The van der Waals surface area contributed by atoms with E-state index in [-0.39, 0.29) is 12.5 Å². The van der Waals surface area contributed by atoms with E-state index in [1.54, 1.807) is 0 Å². The number of hydrogen-bond acceptors (Lipinski definition) is 5. The minimum absolute atomic E-state index is 0.252. The van der Waals surface area contributed by atoms with Crippen molar-refractivity contribution in [3.05, 3.63) is 35.9 Å². The largest absolute Gasteiger partial charge is 0.395 e. The van der Waals surface area contributed by atoms with Gasteiger partial charge in [0.15, 0.2) is 0 Å². The highest BCUT2D eigenvalue weighted by molar-refractivity contribution is 5.73. The van der Waals surface area contributed by atoms with Crippen molar-refractivity contribution in [1.82, 2.24) is 10.2 Å². The molecule has 0 bridgehead atoms. The van der Waals surface area contributed by atoms with Crippen molar-refractivity contribution < 1.29 is 20.1 Å². The van der Waals surface area contributed by atoms with Crippen LogP contribution in [0.15, 0.2) is 30.3 Å². The van der Waals surface area contributed by atoms with Gasteiger partial charge >= 0.3 is 0 Å². The van der Waals surface area contributed by atoms with Crippen molar-refractivity contribution in [1.29, 1.82) is 0 Å². The van der Waals surface area contributed by atoms with Gasteiger partial charge in [-0.15, -0.1) is 0 Å². The number of hydrogen-bond donors (Lipinski definition) is 4. The number of benzene rings is 1. The summed E-state index contributed by atoms with van der Waals surface area (Å²) < 4.78 is 0. The summed E-state index contributed by atoms with van der Waals surface area (Å²) in [6.07, 6.45) is -2.19. The third-order valence-electron chi connectivity index (χ3n) is 3.86. The normalized spacial score (nSPS) is 30.1. The Kier molecular flexibility index (Phi) is 5.30. The predicted octanol–water partition coefficient (Wildman–Crippen LogP) is -0.910. The Labute approximate surface area is 124 Å². The van der Waals surface area contributed by atoms with Gasteiger partial charge in [-0.3, -0.25) is 9.69 Å². The fourth-order valence-electron chi connectivity index (χ4n) is 2.79. The Hall–Kier alpha value is -1.47. The number of aliphatic hydroxyl groups is 3. The molecule has 4 N–H and O–H groups in total. The molecule has 4 atom stereocenters. The molecule has 2 rings (SSSR count). The fourth-order valence-corrected chi connectivity index (χ4v) is 2.79. The van der Waals surface area contributed by atoms with Gasteiger partial charge in [-0.05, 0) is 5.56 Å². The summed E-state index contributed by atoms with van der Waals surface area (Å²) in [5.41, 5.74) is 1.04. The second kappa shape index (κ2) is 7.00. The van der Waals surface area contributed by atoms with Crippen molar-refractivity contribution >= 4 is 5.91 Å². The molecule has 0 radical (unpaired) electrons. The maximum Gasteiger partial charge on any atom is 0.217 e. The van der Waals surface area contributed by atoms with Crippen molar-refractivity contribution in [3.63, 3.8) is 0 Å². The first-order valence-corrected chi connectivity index (χ1v) is 7.05. The number of aliphatic hydroxyl groups excluding tert-OH is 3. The van der Waals surface area contributed by atoms with Crippen LogP contribution < -0.4 is 5.32 Å². The smallest absolute Gasteiger partial charge is 0.217 e. The molecule has 1 aliphatic rings. The van der Waals surface area contributed by atoms with E-state index in [0.29, 0.717) is 13.1 Å². The maximum atomic E-state index is 11.2. The van der Waals surface area contributed by atoms with Crippen LogP contribution in [-0.2, 0) is 11.3 Å². The maximum absolute atomic E-state index is 11.2. The summed E-state index contributed by atoms with van der Waals surface area (Å²) in [6.45, 7) is 2.03. The lowest BCUT2D eigenvalue weighted by molar-refractivity contribution is -0.129. The summed E-state index contributed by atoms with van der Waals surface area (Å²) in [5, 5.41) is 32.4. The number of rotatable bonds is 4. The van der Waals surface area contributed by atoms with Gasteiger partial charge in [-0.2, -0.15) is 0 Å². The van der Waals surface area contributed by atoms with Gasteiger partial charge in [0.1, 0.15) is 6.10 Å². The van der Waals surface area contributed by atoms with Gasteiger partial charge in [0.05, 0.1) is 24.8 Å². The van der Waals surface area contributed by atoms with Gasteiger partial charge < -0.3 is 20.6 Å². The monoisotopic (exact) mass is 294 g/mol. The number of nitrogens with zero attached hydrogens (tertiary/aromatic N) is 1. The zero-order valence-electron chi connectivity index (χ0n) is 12.0. The lowest BCUT2D eigenvalue weighted by atomic mass is 9.92. The Morgan fingerprint density at radius 2 is 1.95 bits per heavy atom. The molecule has 0 aromatic heterocycles. The zero-order valence-corrected chi connectivity index (χ0v) is 12.0. The summed E-state index contributed by atoms with van der Waals surface area (Å²) in [4.78, 5) is 13.1. The molecule has 21 heavy (non-hydrogen) atoms. The molecular weight excluding hydrogens is 272 g/mol. The van der Waals surface area contributed by atoms with Gasteiger partial charge in [0, 0.05) is 20.0 Å². The standard InChI is InChI=1S/C15H22N2O4/c1-10(19)16-12-8-17(7-11-5-3-2-4-6-11)13(9-18)15(21)14(12)20/h2-6,12-15,18,20-21H,7-9H2,1H3,(H,16,19)/t12-,13+,14+,15-/m0/s1. The molecule has 116 valence electrons. The molecule has 1 amide bonds. The van der Waals surface area contributed by atoms with Crippen LogP contribution in [0, 0.1) is 0 Å². The molecular formula is C15H22N2O4. The molecule has 0 unspecified atom stereocenters. The van der Waals surface area contributed by atoms with E-state index in [0.717, 1.165) is 5.56 Å². The number of carbonyl (C=O) groups is 1. The van der Waals surface area contributed by atoms with Crippen LogP contribution in [0.4, 0.5) is 0 Å². The van der Waals surface area contributed by atoms with Gasteiger partial charge in [0.25, 0.3) is 0 Å².